The Kier molecular flexibility index (Phi) is 9.08. The van der Waals surface area contributed by atoms with Crippen LogP contribution in [0.15, 0.2) is 40.9 Å². The molecule has 1 aromatic heterocycles. The van der Waals surface area contributed by atoms with Crippen molar-refractivity contribution in [3.8, 4) is 11.3 Å². The number of aromatic nitrogens is 1. The summed E-state index contributed by atoms with van der Waals surface area (Å²) >= 11 is 0. The normalized spacial score (nSPS) is 15.7. The molecule has 0 spiro atoms. The molecule has 26 heavy (non-hydrogen) atoms. The highest BCUT2D eigenvalue weighted by Crippen LogP contribution is 2.20. The third-order valence-electron chi connectivity index (χ3n) is 4.41. The van der Waals surface area contributed by atoms with E-state index in [4.69, 9.17) is 10.2 Å². The first-order valence-electron chi connectivity index (χ1n) is 8.44. The number of amides is 1. The van der Waals surface area contributed by atoms with Crippen molar-refractivity contribution in [3.63, 3.8) is 0 Å². The Labute approximate surface area is 166 Å². The zero-order chi connectivity index (χ0) is 16.9. The minimum Gasteiger partial charge on any atom is -0.439 e. The minimum absolute atomic E-state index is 0. The molecule has 1 atom stereocenters. The molecule has 144 valence electrons. The van der Waals surface area contributed by atoms with E-state index in [1.807, 2.05) is 42.2 Å². The Morgan fingerprint density at radius 3 is 2.46 bits per heavy atom. The molecule has 6 nitrogen and oxygen atoms in total. The molecule has 1 saturated heterocycles. The highest BCUT2D eigenvalue weighted by Gasteiger charge is 2.25. The van der Waals surface area contributed by atoms with Crippen LogP contribution >= 0.6 is 24.8 Å². The number of rotatable bonds is 5. The van der Waals surface area contributed by atoms with Gasteiger partial charge in [0.05, 0.1) is 18.8 Å². The maximum atomic E-state index is 12.1. The molecular formula is C18H26Cl2N4O2. The van der Waals surface area contributed by atoms with Crippen molar-refractivity contribution in [2.24, 2.45) is 5.73 Å². The predicted octanol–water partition coefficient (Wildman–Crippen LogP) is 2.57. The summed E-state index contributed by atoms with van der Waals surface area (Å²) in [5, 5.41) is 0. The van der Waals surface area contributed by atoms with Crippen LogP contribution in [0.25, 0.3) is 11.3 Å². The summed E-state index contributed by atoms with van der Waals surface area (Å²) in [5.41, 5.74) is 6.86. The number of nitrogens with zero attached hydrogens (tertiary/aromatic N) is 3. The molecule has 1 fully saturated rings. The molecule has 1 aliphatic heterocycles. The van der Waals surface area contributed by atoms with E-state index in [1.165, 1.54) is 0 Å². The van der Waals surface area contributed by atoms with Crippen molar-refractivity contribution < 1.29 is 9.21 Å². The lowest BCUT2D eigenvalue weighted by Gasteiger charge is -2.35. The Balaban J connectivity index is 0.00000169. The lowest BCUT2D eigenvalue weighted by Crippen LogP contribution is -2.52. The molecule has 0 bridgehead atoms. The Morgan fingerprint density at radius 2 is 1.85 bits per heavy atom. The van der Waals surface area contributed by atoms with Crippen molar-refractivity contribution in [1.29, 1.82) is 0 Å². The van der Waals surface area contributed by atoms with Gasteiger partial charge in [-0.2, -0.15) is 0 Å². The standard InChI is InChI=1S/C18H24N4O2.2ClH/c1-2-15(19)18(23)22-10-8-21(9-11-22)13-17-20-12-16(24-17)14-6-4-3-5-7-14;;/h3-7,12,15H,2,8-11,13,19H2,1H3;2*1H/t15-;;/m0../s1. The van der Waals surface area contributed by atoms with Gasteiger partial charge in [0, 0.05) is 31.7 Å². The highest BCUT2D eigenvalue weighted by atomic mass is 35.5. The number of piperazine rings is 1. The number of oxazole rings is 1. The fraction of sp³-hybridized carbons (Fsp3) is 0.444. The topological polar surface area (TPSA) is 75.6 Å². The van der Waals surface area contributed by atoms with E-state index in [1.54, 1.807) is 6.20 Å². The predicted molar refractivity (Wildman–Crippen MR) is 107 cm³/mol. The summed E-state index contributed by atoms with van der Waals surface area (Å²) in [6, 6.07) is 9.57. The van der Waals surface area contributed by atoms with Gasteiger partial charge in [0.25, 0.3) is 0 Å². The van der Waals surface area contributed by atoms with Crippen molar-refractivity contribution in [3.05, 3.63) is 42.4 Å². The zero-order valence-corrected chi connectivity index (χ0v) is 16.5. The van der Waals surface area contributed by atoms with Gasteiger partial charge in [-0.15, -0.1) is 24.8 Å². The van der Waals surface area contributed by atoms with E-state index in [2.05, 4.69) is 9.88 Å². The molecule has 1 aliphatic rings. The van der Waals surface area contributed by atoms with E-state index >= 15 is 0 Å². The molecule has 0 aliphatic carbocycles. The number of hydrogen-bond acceptors (Lipinski definition) is 5. The largest absolute Gasteiger partial charge is 0.439 e. The van der Waals surface area contributed by atoms with E-state index < -0.39 is 0 Å². The summed E-state index contributed by atoms with van der Waals surface area (Å²) in [4.78, 5) is 20.6. The molecule has 2 heterocycles. The fourth-order valence-corrected chi connectivity index (χ4v) is 2.85. The number of nitrogens with two attached hydrogens (primary N) is 1. The summed E-state index contributed by atoms with van der Waals surface area (Å²) < 4.78 is 5.85. The Morgan fingerprint density at radius 1 is 1.19 bits per heavy atom. The molecule has 2 N–H and O–H groups in total. The lowest BCUT2D eigenvalue weighted by atomic mass is 10.2. The van der Waals surface area contributed by atoms with E-state index in [-0.39, 0.29) is 36.8 Å². The minimum atomic E-state index is -0.378. The van der Waals surface area contributed by atoms with Crippen molar-refractivity contribution in [1.82, 2.24) is 14.8 Å². The van der Waals surface area contributed by atoms with Gasteiger partial charge < -0.3 is 15.1 Å². The van der Waals surface area contributed by atoms with E-state index in [9.17, 15) is 4.79 Å². The van der Waals surface area contributed by atoms with Gasteiger partial charge in [-0.05, 0) is 6.42 Å². The van der Waals surface area contributed by atoms with Crippen LogP contribution < -0.4 is 5.73 Å². The number of benzene rings is 1. The Bertz CT molecular complexity index is 673. The molecule has 2 aromatic rings. The number of carbonyl (C=O) groups is 1. The summed E-state index contributed by atoms with van der Waals surface area (Å²) in [5.74, 6) is 1.55. The molecular weight excluding hydrogens is 375 g/mol. The van der Waals surface area contributed by atoms with Crippen LogP contribution in [0.1, 0.15) is 19.2 Å². The van der Waals surface area contributed by atoms with Gasteiger partial charge in [-0.25, -0.2) is 4.98 Å². The van der Waals surface area contributed by atoms with Crippen LogP contribution in [0.3, 0.4) is 0 Å². The molecule has 1 aromatic carbocycles. The van der Waals surface area contributed by atoms with Gasteiger partial charge in [0.1, 0.15) is 0 Å². The summed E-state index contributed by atoms with van der Waals surface area (Å²) in [6.45, 7) is 5.63. The second-order valence-corrected chi connectivity index (χ2v) is 6.10. The second-order valence-electron chi connectivity index (χ2n) is 6.10. The molecule has 1 amide bonds. The number of carbonyl (C=O) groups excluding carboxylic acids is 1. The quantitative estimate of drug-likeness (QED) is 0.834. The molecule has 8 heteroatoms. The SMILES string of the molecule is CC[C@H](N)C(=O)N1CCN(Cc2ncc(-c3ccccc3)o2)CC1.Cl.Cl. The van der Waals surface area contributed by atoms with Crippen LogP contribution in [0.4, 0.5) is 0 Å². The van der Waals surface area contributed by atoms with Crippen LogP contribution in [0, 0.1) is 0 Å². The van der Waals surface area contributed by atoms with Crippen LogP contribution in [0.5, 0.6) is 0 Å². The van der Waals surface area contributed by atoms with Gasteiger partial charge in [-0.1, -0.05) is 37.3 Å². The maximum absolute atomic E-state index is 12.1. The zero-order valence-electron chi connectivity index (χ0n) is 14.8. The summed E-state index contributed by atoms with van der Waals surface area (Å²) in [7, 11) is 0. The van der Waals surface area contributed by atoms with Crippen molar-refractivity contribution in [2.45, 2.75) is 25.9 Å². The maximum Gasteiger partial charge on any atom is 0.239 e. The highest BCUT2D eigenvalue weighted by molar-refractivity contribution is 5.85. The monoisotopic (exact) mass is 400 g/mol. The lowest BCUT2D eigenvalue weighted by molar-refractivity contribution is -0.134. The fourth-order valence-electron chi connectivity index (χ4n) is 2.85. The first-order chi connectivity index (χ1) is 11.7. The van der Waals surface area contributed by atoms with Gasteiger partial charge in [0.15, 0.2) is 5.76 Å². The first-order valence-corrected chi connectivity index (χ1v) is 8.44. The molecule has 0 radical (unpaired) electrons. The van der Waals surface area contributed by atoms with Crippen molar-refractivity contribution in [2.75, 3.05) is 26.2 Å². The third kappa shape index (κ3) is 5.45. The van der Waals surface area contributed by atoms with E-state index in [0.717, 1.165) is 24.4 Å². The average molecular weight is 401 g/mol. The molecule has 0 saturated carbocycles. The van der Waals surface area contributed by atoms with Crippen molar-refractivity contribution >= 4 is 30.7 Å². The number of halogens is 2. The van der Waals surface area contributed by atoms with Crippen LogP contribution in [-0.2, 0) is 11.3 Å². The van der Waals surface area contributed by atoms with Gasteiger partial charge in [0.2, 0.25) is 11.8 Å². The molecule has 3 rings (SSSR count). The third-order valence-corrected chi connectivity index (χ3v) is 4.41. The Hall–Kier alpha value is -1.60. The van der Waals surface area contributed by atoms with Crippen LogP contribution in [0.2, 0.25) is 0 Å². The van der Waals surface area contributed by atoms with Gasteiger partial charge in [-0.3, -0.25) is 9.69 Å². The molecule has 0 unspecified atom stereocenters. The average Bonchev–Trinajstić information content (AvgIpc) is 3.10. The van der Waals surface area contributed by atoms with Crippen LogP contribution in [-0.4, -0.2) is 52.9 Å². The van der Waals surface area contributed by atoms with E-state index in [0.29, 0.717) is 31.9 Å². The second kappa shape index (κ2) is 10.5. The summed E-state index contributed by atoms with van der Waals surface area (Å²) in [6.07, 6.45) is 2.45. The smallest absolute Gasteiger partial charge is 0.239 e. The van der Waals surface area contributed by atoms with Gasteiger partial charge >= 0.3 is 0 Å². The number of hydrogen-bond donors (Lipinski definition) is 1. The first kappa shape index (κ1) is 22.4.